The van der Waals surface area contributed by atoms with Crippen molar-refractivity contribution >= 4 is 0 Å². The molecule has 2 nitrogen and oxygen atoms in total. The fourth-order valence-electron chi connectivity index (χ4n) is 4.58. The molecule has 0 aromatic rings. The molecule has 0 radical (unpaired) electrons. The Morgan fingerprint density at radius 2 is 1.45 bits per heavy atom. The van der Waals surface area contributed by atoms with Crippen LogP contribution in [0.25, 0.3) is 0 Å². The molecule has 3 fully saturated rings. The average molecular weight is 279 g/mol. The van der Waals surface area contributed by atoms with E-state index < -0.39 is 0 Å². The molecule has 0 bridgehead atoms. The van der Waals surface area contributed by atoms with Gasteiger partial charge in [-0.1, -0.05) is 26.7 Å². The summed E-state index contributed by atoms with van der Waals surface area (Å²) < 4.78 is 6.28. The molecule has 0 aromatic carbocycles. The van der Waals surface area contributed by atoms with Gasteiger partial charge in [0.25, 0.3) is 0 Å². The van der Waals surface area contributed by atoms with Crippen LogP contribution in [0.2, 0.25) is 0 Å². The molecule has 0 spiro atoms. The number of hydrogen-bond acceptors (Lipinski definition) is 2. The Kier molecular flexibility index (Phi) is 5.04. The zero-order chi connectivity index (χ0) is 13.9. The van der Waals surface area contributed by atoms with E-state index >= 15 is 0 Å². The van der Waals surface area contributed by atoms with Gasteiger partial charge in [-0.2, -0.15) is 0 Å². The van der Waals surface area contributed by atoms with Crippen molar-refractivity contribution in [1.82, 2.24) is 5.32 Å². The molecule has 4 unspecified atom stereocenters. The van der Waals surface area contributed by atoms with Crippen LogP contribution in [0.3, 0.4) is 0 Å². The van der Waals surface area contributed by atoms with Gasteiger partial charge in [-0.05, 0) is 68.7 Å². The van der Waals surface area contributed by atoms with Crippen LogP contribution in [0, 0.1) is 23.7 Å². The minimum atomic E-state index is 0.501. The summed E-state index contributed by atoms with van der Waals surface area (Å²) in [6.45, 7) is 7.00. The maximum absolute atomic E-state index is 6.28. The van der Waals surface area contributed by atoms with Crippen LogP contribution < -0.4 is 5.32 Å². The highest BCUT2D eigenvalue weighted by Gasteiger charge is 2.34. The third-order valence-electron chi connectivity index (χ3n) is 6.22. The Balaban J connectivity index is 1.42. The molecule has 2 saturated heterocycles. The molecule has 1 aliphatic carbocycles. The lowest BCUT2D eigenvalue weighted by atomic mass is 9.74. The molecule has 1 saturated carbocycles. The Morgan fingerprint density at radius 1 is 0.750 bits per heavy atom. The second-order valence-electron chi connectivity index (χ2n) is 7.93. The SMILES string of the molecule is CC1CCC(C2CCC(C3CCC(C)CN3)OC2)CC1. The lowest BCUT2D eigenvalue weighted by molar-refractivity contribution is -0.0596. The van der Waals surface area contributed by atoms with E-state index in [1.54, 1.807) is 0 Å². The number of rotatable bonds is 2. The fourth-order valence-corrected chi connectivity index (χ4v) is 4.58. The molecule has 1 N–H and O–H groups in total. The normalized spacial score (nSPS) is 47.1. The second kappa shape index (κ2) is 6.79. The maximum atomic E-state index is 6.28. The van der Waals surface area contributed by atoms with Crippen molar-refractivity contribution in [3.8, 4) is 0 Å². The highest BCUT2D eigenvalue weighted by Crippen LogP contribution is 2.38. The van der Waals surface area contributed by atoms with Gasteiger partial charge in [0.1, 0.15) is 0 Å². The van der Waals surface area contributed by atoms with E-state index in [1.165, 1.54) is 57.9 Å². The molecular weight excluding hydrogens is 246 g/mol. The summed E-state index contributed by atoms with van der Waals surface area (Å²) in [6, 6.07) is 0.638. The van der Waals surface area contributed by atoms with E-state index in [0.717, 1.165) is 30.3 Å². The summed E-state index contributed by atoms with van der Waals surface area (Å²) in [4.78, 5) is 0. The zero-order valence-electron chi connectivity index (χ0n) is 13.4. The van der Waals surface area contributed by atoms with E-state index in [4.69, 9.17) is 4.74 Å². The van der Waals surface area contributed by atoms with Gasteiger partial charge in [-0.15, -0.1) is 0 Å². The summed E-state index contributed by atoms with van der Waals surface area (Å²) in [6.07, 6.45) is 11.7. The van der Waals surface area contributed by atoms with Gasteiger partial charge in [-0.3, -0.25) is 0 Å². The van der Waals surface area contributed by atoms with E-state index in [9.17, 15) is 0 Å². The molecule has 3 rings (SSSR count). The molecule has 2 heteroatoms. The molecule has 116 valence electrons. The molecule has 0 aromatic heterocycles. The van der Waals surface area contributed by atoms with Gasteiger partial charge < -0.3 is 10.1 Å². The first-order valence-electron chi connectivity index (χ1n) is 9.07. The van der Waals surface area contributed by atoms with Crippen LogP contribution in [0.15, 0.2) is 0 Å². The van der Waals surface area contributed by atoms with Gasteiger partial charge in [-0.25, -0.2) is 0 Å². The van der Waals surface area contributed by atoms with E-state index in [1.807, 2.05) is 0 Å². The van der Waals surface area contributed by atoms with E-state index in [-0.39, 0.29) is 0 Å². The first kappa shape index (κ1) is 14.8. The summed E-state index contributed by atoms with van der Waals surface area (Å²) >= 11 is 0. The summed E-state index contributed by atoms with van der Waals surface area (Å²) in [5.74, 6) is 3.65. The highest BCUT2D eigenvalue weighted by atomic mass is 16.5. The lowest BCUT2D eigenvalue weighted by Crippen LogP contribution is -2.49. The molecule has 2 aliphatic heterocycles. The third-order valence-corrected chi connectivity index (χ3v) is 6.22. The van der Waals surface area contributed by atoms with Gasteiger partial charge in [0.2, 0.25) is 0 Å². The molecule has 3 aliphatic rings. The highest BCUT2D eigenvalue weighted by molar-refractivity contribution is 4.87. The van der Waals surface area contributed by atoms with Gasteiger partial charge in [0, 0.05) is 6.04 Å². The smallest absolute Gasteiger partial charge is 0.0728 e. The fraction of sp³-hybridized carbons (Fsp3) is 1.00. The van der Waals surface area contributed by atoms with Gasteiger partial charge >= 0.3 is 0 Å². The number of hydrogen-bond donors (Lipinski definition) is 1. The predicted octanol–water partition coefficient (Wildman–Crippen LogP) is 4.00. The minimum Gasteiger partial charge on any atom is -0.376 e. The van der Waals surface area contributed by atoms with Crippen molar-refractivity contribution in [2.75, 3.05) is 13.2 Å². The Morgan fingerprint density at radius 3 is 2.05 bits per heavy atom. The van der Waals surface area contributed by atoms with Crippen molar-refractivity contribution in [3.05, 3.63) is 0 Å². The van der Waals surface area contributed by atoms with Crippen molar-refractivity contribution in [2.45, 2.75) is 77.4 Å². The quantitative estimate of drug-likeness (QED) is 0.825. The maximum Gasteiger partial charge on any atom is 0.0728 e. The molecule has 20 heavy (non-hydrogen) atoms. The van der Waals surface area contributed by atoms with Crippen molar-refractivity contribution in [1.29, 1.82) is 0 Å². The Hall–Kier alpha value is -0.0800. The zero-order valence-corrected chi connectivity index (χ0v) is 13.4. The second-order valence-corrected chi connectivity index (χ2v) is 7.93. The summed E-state index contributed by atoms with van der Waals surface area (Å²) in [7, 11) is 0. The van der Waals surface area contributed by atoms with Crippen LogP contribution in [0.1, 0.15) is 65.2 Å². The van der Waals surface area contributed by atoms with E-state index in [2.05, 4.69) is 19.2 Å². The lowest BCUT2D eigenvalue weighted by Gasteiger charge is -2.41. The molecule has 0 amide bonds. The minimum absolute atomic E-state index is 0.501. The van der Waals surface area contributed by atoms with Gasteiger partial charge in [0.05, 0.1) is 12.7 Å². The van der Waals surface area contributed by atoms with Crippen LogP contribution in [-0.2, 0) is 4.74 Å². The topological polar surface area (TPSA) is 21.3 Å². The largest absolute Gasteiger partial charge is 0.376 e. The first-order valence-corrected chi connectivity index (χ1v) is 9.07. The van der Waals surface area contributed by atoms with Crippen molar-refractivity contribution < 1.29 is 4.74 Å². The van der Waals surface area contributed by atoms with E-state index in [0.29, 0.717) is 12.1 Å². The standard InChI is InChI=1S/C18H33NO/c1-13-3-6-15(7-4-13)16-8-10-18(20-12-16)17-9-5-14(2)11-19-17/h13-19H,3-12H2,1-2H3. The van der Waals surface area contributed by atoms with Crippen molar-refractivity contribution in [3.63, 3.8) is 0 Å². The van der Waals surface area contributed by atoms with Gasteiger partial charge in [0.15, 0.2) is 0 Å². The summed E-state index contributed by atoms with van der Waals surface area (Å²) in [5.41, 5.74) is 0. The third kappa shape index (κ3) is 3.57. The predicted molar refractivity (Wildman–Crippen MR) is 83.8 cm³/mol. The molecule has 4 atom stereocenters. The van der Waals surface area contributed by atoms with Crippen LogP contribution in [0.4, 0.5) is 0 Å². The monoisotopic (exact) mass is 279 g/mol. The number of piperidine rings is 1. The number of ether oxygens (including phenoxy) is 1. The molecule has 2 heterocycles. The number of nitrogens with one attached hydrogen (secondary N) is 1. The molecular formula is C18H33NO. The Bertz CT molecular complexity index is 252. The van der Waals surface area contributed by atoms with Crippen LogP contribution >= 0.6 is 0 Å². The summed E-state index contributed by atoms with van der Waals surface area (Å²) in [5, 5.41) is 3.71. The Labute approximate surface area is 125 Å². The van der Waals surface area contributed by atoms with Crippen LogP contribution in [-0.4, -0.2) is 25.3 Å². The van der Waals surface area contributed by atoms with Crippen molar-refractivity contribution in [2.24, 2.45) is 23.7 Å². The van der Waals surface area contributed by atoms with Crippen LogP contribution in [0.5, 0.6) is 0 Å². The average Bonchev–Trinajstić information content (AvgIpc) is 2.49. The first-order chi connectivity index (χ1) is 9.72.